The van der Waals surface area contributed by atoms with Crippen molar-refractivity contribution in [2.24, 2.45) is 0 Å². The molecule has 0 aliphatic carbocycles. The molecule has 0 saturated heterocycles. The van der Waals surface area contributed by atoms with Crippen LogP contribution in [0.2, 0.25) is 0 Å². The smallest absolute Gasteiger partial charge is 0.135 e. The minimum Gasteiger partial charge on any atom is -0.367 e. The lowest BCUT2D eigenvalue weighted by atomic mass is 9.94. The Balaban J connectivity index is 2.47. The number of pyridine rings is 1. The predicted molar refractivity (Wildman–Crippen MR) is 56.3 cm³/mol. The van der Waals surface area contributed by atoms with Crippen LogP contribution >= 0.6 is 0 Å². The first-order chi connectivity index (χ1) is 7.27. The zero-order valence-electron chi connectivity index (χ0n) is 8.77. The molecule has 0 amide bonds. The highest BCUT2D eigenvalue weighted by atomic mass is 16.5. The van der Waals surface area contributed by atoms with Crippen LogP contribution in [-0.4, -0.2) is 22.3 Å². The van der Waals surface area contributed by atoms with Crippen molar-refractivity contribution in [3.8, 4) is 0 Å². The molecule has 0 aliphatic heterocycles. The fourth-order valence-electron chi connectivity index (χ4n) is 1.53. The molecule has 2 rings (SSSR count). The second-order valence-corrected chi connectivity index (χ2v) is 3.44. The van der Waals surface area contributed by atoms with E-state index in [0.29, 0.717) is 0 Å². The van der Waals surface area contributed by atoms with Gasteiger partial charge in [-0.05, 0) is 19.1 Å². The second kappa shape index (κ2) is 3.82. The topological polar surface area (TPSA) is 50.8 Å². The molecule has 2 heterocycles. The number of methoxy groups -OCH3 is 1. The number of rotatable bonds is 3. The first-order valence-corrected chi connectivity index (χ1v) is 4.73. The fraction of sp³-hybridized carbons (Fsp3) is 0.273. The average Bonchev–Trinajstić information content (AvgIpc) is 2.83. The Hall–Kier alpha value is -1.68. The third-order valence-corrected chi connectivity index (χ3v) is 2.61. The van der Waals surface area contributed by atoms with Gasteiger partial charge in [0.2, 0.25) is 0 Å². The third-order valence-electron chi connectivity index (χ3n) is 2.61. The van der Waals surface area contributed by atoms with Gasteiger partial charge in [-0.15, -0.1) is 0 Å². The van der Waals surface area contributed by atoms with Gasteiger partial charge in [0.1, 0.15) is 5.60 Å². The zero-order chi connectivity index (χ0) is 10.7. The van der Waals surface area contributed by atoms with Crippen LogP contribution in [-0.2, 0) is 10.3 Å². The van der Waals surface area contributed by atoms with Crippen LogP contribution < -0.4 is 0 Å². The van der Waals surface area contributed by atoms with E-state index in [-0.39, 0.29) is 0 Å². The first-order valence-electron chi connectivity index (χ1n) is 4.73. The standard InChI is InChI=1S/C11H13N3O/c1-11(15-2,9-7-13-14-8-9)10-5-3-4-6-12-10/h3-8H,1-2H3,(H,13,14). The number of nitrogens with zero attached hydrogens (tertiary/aromatic N) is 2. The van der Waals surface area contributed by atoms with Crippen molar-refractivity contribution >= 4 is 0 Å². The summed E-state index contributed by atoms with van der Waals surface area (Å²) in [5, 5.41) is 6.71. The summed E-state index contributed by atoms with van der Waals surface area (Å²) in [6.45, 7) is 1.97. The van der Waals surface area contributed by atoms with E-state index in [4.69, 9.17) is 4.74 Å². The van der Waals surface area contributed by atoms with Crippen LogP contribution in [0.3, 0.4) is 0 Å². The summed E-state index contributed by atoms with van der Waals surface area (Å²) >= 11 is 0. The second-order valence-electron chi connectivity index (χ2n) is 3.44. The molecule has 1 atom stereocenters. The van der Waals surface area contributed by atoms with Gasteiger partial charge < -0.3 is 4.74 Å². The van der Waals surface area contributed by atoms with Gasteiger partial charge in [-0.25, -0.2) is 0 Å². The van der Waals surface area contributed by atoms with Gasteiger partial charge in [-0.3, -0.25) is 10.1 Å². The number of H-pyrrole nitrogens is 1. The number of aromatic amines is 1. The van der Waals surface area contributed by atoms with E-state index >= 15 is 0 Å². The molecule has 0 saturated carbocycles. The molecule has 4 nitrogen and oxygen atoms in total. The number of ether oxygens (including phenoxy) is 1. The highest BCUT2D eigenvalue weighted by Gasteiger charge is 2.30. The molecule has 2 aromatic heterocycles. The molecule has 0 radical (unpaired) electrons. The summed E-state index contributed by atoms with van der Waals surface area (Å²) in [5.74, 6) is 0. The molecule has 1 N–H and O–H groups in total. The van der Waals surface area contributed by atoms with Crippen molar-refractivity contribution in [3.05, 3.63) is 48.0 Å². The van der Waals surface area contributed by atoms with E-state index in [2.05, 4.69) is 15.2 Å². The van der Waals surface area contributed by atoms with E-state index in [1.54, 1.807) is 19.5 Å². The van der Waals surface area contributed by atoms with E-state index in [0.717, 1.165) is 11.3 Å². The number of nitrogens with one attached hydrogen (secondary N) is 1. The molecule has 1 unspecified atom stereocenters. The highest BCUT2D eigenvalue weighted by Crippen LogP contribution is 2.30. The number of aromatic nitrogens is 3. The summed E-state index contributed by atoms with van der Waals surface area (Å²) in [6.07, 6.45) is 5.32. The lowest BCUT2D eigenvalue weighted by Crippen LogP contribution is -2.26. The van der Waals surface area contributed by atoms with Gasteiger partial charge in [0.25, 0.3) is 0 Å². The van der Waals surface area contributed by atoms with Crippen LogP contribution in [0.5, 0.6) is 0 Å². The SMILES string of the molecule is COC(C)(c1cn[nH]c1)c1ccccn1. The Bertz CT molecular complexity index is 413. The predicted octanol–water partition coefficient (Wildman–Crippen LogP) is 1.71. The van der Waals surface area contributed by atoms with Crippen LogP contribution in [0.25, 0.3) is 0 Å². The summed E-state index contributed by atoms with van der Waals surface area (Å²) in [4.78, 5) is 4.31. The van der Waals surface area contributed by atoms with E-state index in [9.17, 15) is 0 Å². The molecule has 2 aromatic rings. The van der Waals surface area contributed by atoms with Crippen molar-refractivity contribution in [1.82, 2.24) is 15.2 Å². The molecule has 78 valence electrons. The van der Waals surface area contributed by atoms with Crippen molar-refractivity contribution in [2.45, 2.75) is 12.5 Å². The summed E-state index contributed by atoms with van der Waals surface area (Å²) in [6, 6.07) is 5.77. The summed E-state index contributed by atoms with van der Waals surface area (Å²) in [7, 11) is 1.67. The quantitative estimate of drug-likeness (QED) is 0.826. The van der Waals surface area contributed by atoms with Crippen molar-refractivity contribution in [2.75, 3.05) is 7.11 Å². The Morgan fingerprint density at radius 3 is 2.80 bits per heavy atom. The van der Waals surface area contributed by atoms with Gasteiger partial charge in [0, 0.05) is 25.1 Å². The maximum Gasteiger partial charge on any atom is 0.135 e. The molecular weight excluding hydrogens is 190 g/mol. The van der Waals surface area contributed by atoms with Crippen LogP contribution in [0, 0.1) is 0 Å². The third kappa shape index (κ3) is 1.64. The normalized spacial score (nSPS) is 14.8. The lowest BCUT2D eigenvalue weighted by molar-refractivity contribution is 0.0354. The Kier molecular flexibility index (Phi) is 2.51. The van der Waals surface area contributed by atoms with Gasteiger partial charge in [0.15, 0.2) is 0 Å². The van der Waals surface area contributed by atoms with Crippen LogP contribution in [0.4, 0.5) is 0 Å². The molecule has 0 aliphatic rings. The fourth-order valence-corrected chi connectivity index (χ4v) is 1.53. The van der Waals surface area contributed by atoms with E-state index < -0.39 is 5.60 Å². The van der Waals surface area contributed by atoms with Crippen molar-refractivity contribution < 1.29 is 4.74 Å². The monoisotopic (exact) mass is 203 g/mol. The van der Waals surface area contributed by atoms with Gasteiger partial charge in [0.05, 0.1) is 11.9 Å². The molecule has 0 fully saturated rings. The Morgan fingerprint density at radius 2 is 2.27 bits per heavy atom. The zero-order valence-corrected chi connectivity index (χ0v) is 8.77. The Morgan fingerprint density at radius 1 is 1.40 bits per heavy atom. The highest BCUT2D eigenvalue weighted by molar-refractivity contribution is 5.27. The minimum absolute atomic E-state index is 0.547. The first kappa shape index (κ1) is 9.86. The largest absolute Gasteiger partial charge is 0.367 e. The van der Waals surface area contributed by atoms with Crippen LogP contribution in [0.15, 0.2) is 36.8 Å². The minimum atomic E-state index is -0.547. The number of hydrogen-bond acceptors (Lipinski definition) is 3. The number of hydrogen-bond donors (Lipinski definition) is 1. The summed E-state index contributed by atoms with van der Waals surface area (Å²) in [5.41, 5.74) is 1.28. The maximum atomic E-state index is 5.55. The van der Waals surface area contributed by atoms with Crippen molar-refractivity contribution in [1.29, 1.82) is 0 Å². The molecule has 0 spiro atoms. The molecule has 15 heavy (non-hydrogen) atoms. The van der Waals surface area contributed by atoms with Crippen molar-refractivity contribution in [3.63, 3.8) is 0 Å². The lowest BCUT2D eigenvalue weighted by Gasteiger charge is -2.26. The van der Waals surface area contributed by atoms with Gasteiger partial charge in [-0.2, -0.15) is 5.10 Å². The Labute approximate surface area is 88.3 Å². The molecule has 0 aromatic carbocycles. The average molecular weight is 203 g/mol. The van der Waals surface area contributed by atoms with E-state index in [1.165, 1.54) is 0 Å². The maximum absolute atomic E-state index is 5.55. The molecule has 0 bridgehead atoms. The van der Waals surface area contributed by atoms with Gasteiger partial charge >= 0.3 is 0 Å². The van der Waals surface area contributed by atoms with E-state index in [1.807, 2.05) is 31.3 Å². The summed E-state index contributed by atoms with van der Waals surface area (Å²) < 4.78 is 5.55. The molecular formula is C11H13N3O. The van der Waals surface area contributed by atoms with Crippen LogP contribution in [0.1, 0.15) is 18.2 Å². The van der Waals surface area contributed by atoms with Gasteiger partial charge in [-0.1, -0.05) is 6.07 Å². The molecule has 4 heteroatoms.